The molecule has 57 heavy (non-hydrogen) atoms. The molecule has 0 amide bonds. The highest BCUT2D eigenvalue weighted by Crippen LogP contribution is 2.55. The number of benzene rings is 6. The zero-order valence-electron chi connectivity index (χ0n) is 34.4. The van der Waals surface area contributed by atoms with Gasteiger partial charge in [-0.3, -0.25) is 0 Å². The Labute approximate surface area is 340 Å². The van der Waals surface area contributed by atoms with Crippen LogP contribution >= 0.6 is 0 Å². The Hall–Kier alpha value is -5.96. The molecule has 6 aromatic rings. The van der Waals surface area contributed by atoms with Crippen molar-refractivity contribution in [2.24, 2.45) is 11.3 Å². The second-order valence-electron chi connectivity index (χ2n) is 17.2. The van der Waals surface area contributed by atoms with Gasteiger partial charge in [0, 0.05) is 58.1 Å². The quantitative estimate of drug-likeness (QED) is 0.140. The molecule has 0 heterocycles. The third-order valence-electron chi connectivity index (χ3n) is 13.5. The van der Waals surface area contributed by atoms with Crippen LogP contribution in [0.5, 0.6) is 0 Å². The first-order chi connectivity index (χ1) is 27.5. The van der Waals surface area contributed by atoms with E-state index in [-0.39, 0.29) is 10.8 Å². The van der Waals surface area contributed by atoms with Gasteiger partial charge in [0.05, 0.1) is 7.05 Å². The number of quaternary nitrogens is 1. The van der Waals surface area contributed by atoms with E-state index in [1.807, 2.05) is 0 Å². The van der Waals surface area contributed by atoms with Crippen LogP contribution in [-0.4, -0.2) is 7.05 Å². The smallest absolute Gasteiger partial charge is 0.143 e. The number of rotatable bonds is 8. The Bertz CT molecular complexity index is 2600. The normalized spacial score (nSPS) is 18.7. The molecule has 0 fully saturated rings. The molecule has 0 N–H and O–H groups in total. The van der Waals surface area contributed by atoms with Gasteiger partial charge in [-0.25, -0.2) is 4.48 Å². The first kappa shape index (κ1) is 36.7. The number of para-hydroxylation sites is 2. The Morgan fingerprint density at radius 1 is 0.596 bits per heavy atom. The van der Waals surface area contributed by atoms with Crippen molar-refractivity contribution in [3.63, 3.8) is 0 Å². The molecule has 2 unspecified atom stereocenters. The number of nitrogens with zero attached hydrogens (tertiary/aromatic N) is 2. The second-order valence-corrected chi connectivity index (χ2v) is 17.2. The molecule has 3 aliphatic carbocycles. The topological polar surface area (TPSA) is 3.24 Å². The number of fused-ring (bicyclic) bond motifs is 4. The first-order valence-electron chi connectivity index (χ1n) is 20.5. The van der Waals surface area contributed by atoms with Gasteiger partial charge < -0.3 is 4.90 Å². The van der Waals surface area contributed by atoms with E-state index >= 15 is 0 Å². The van der Waals surface area contributed by atoms with E-state index in [1.54, 1.807) is 0 Å². The van der Waals surface area contributed by atoms with Crippen molar-refractivity contribution in [3.05, 3.63) is 210 Å². The van der Waals surface area contributed by atoms with Gasteiger partial charge in [-0.1, -0.05) is 130 Å². The molecule has 2 atom stereocenters. The molecule has 2 heteroatoms. The first-order valence-corrected chi connectivity index (χ1v) is 20.5. The maximum Gasteiger partial charge on any atom is 0.143 e. The number of hydrogen-bond acceptors (Lipinski definition) is 1. The lowest BCUT2D eigenvalue weighted by Crippen LogP contribution is -2.34. The fourth-order valence-electron chi connectivity index (χ4n) is 9.93. The summed E-state index contributed by atoms with van der Waals surface area (Å²) >= 11 is 0. The van der Waals surface area contributed by atoms with E-state index in [0.29, 0.717) is 10.4 Å². The van der Waals surface area contributed by atoms with Crippen LogP contribution in [0.25, 0.3) is 22.3 Å². The van der Waals surface area contributed by atoms with Crippen LogP contribution in [0.3, 0.4) is 0 Å². The summed E-state index contributed by atoms with van der Waals surface area (Å²) in [5.74, 6) is 0.442. The minimum atomic E-state index is -0.0680. The summed E-state index contributed by atoms with van der Waals surface area (Å²) in [7, 11) is 2.33. The van der Waals surface area contributed by atoms with Crippen molar-refractivity contribution in [2.75, 3.05) is 11.9 Å². The molecule has 0 aliphatic heterocycles. The molecule has 0 saturated heterocycles. The molecule has 3 aliphatic rings. The van der Waals surface area contributed by atoms with Crippen LogP contribution in [-0.2, 0) is 5.41 Å². The summed E-state index contributed by atoms with van der Waals surface area (Å²) in [6.45, 7) is 14.0. The number of allylic oxidation sites excluding steroid dienone is 7. The summed E-state index contributed by atoms with van der Waals surface area (Å²) in [5, 5.41) is 0. The van der Waals surface area contributed by atoms with Crippen molar-refractivity contribution >= 4 is 28.4 Å². The predicted octanol–water partition coefficient (Wildman–Crippen LogP) is 15.2. The molecule has 0 saturated carbocycles. The van der Waals surface area contributed by atoms with Crippen LogP contribution < -0.4 is 9.38 Å². The van der Waals surface area contributed by atoms with Crippen LogP contribution in [0.4, 0.5) is 28.4 Å². The number of hydrogen-bond donors (Lipinski definition) is 0. The Morgan fingerprint density at radius 2 is 1.16 bits per heavy atom. The lowest BCUT2D eigenvalue weighted by molar-refractivity contribution is 0.518. The van der Waals surface area contributed by atoms with Gasteiger partial charge in [-0.15, -0.1) is 0 Å². The van der Waals surface area contributed by atoms with Gasteiger partial charge >= 0.3 is 0 Å². The molecule has 9 rings (SSSR count). The molecule has 0 bridgehead atoms. The lowest BCUT2D eigenvalue weighted by atomic mass is 9.77. The standard InChI is InChI=1S/C55H53N2/c1-8-17-47-38(2)54(3,4)52-36-43(30-34-49(47)52)56(41-18-11-9-12-19-41)42-28-24-39(25-29-42)40-26-31-45(32-27-40)57(7,44-20-13-10-14-21-44)46-33-35-50-48-22-15-16-23-51(48)55(5,6)53(50)37-46/h8-33,35-37,49H,34H2,1-7H3/q+1. The highest BCUT2D eigenvalue weighted by Gasteiger charge is 2.42. The minimum Gasteiger partial charge on any atom is -0.311 e. The summed E-state index contributed by atoms with van der Waals surface area (Å²) in [6, 6.07) is 56.1. The maximum atomic E-state index is 2.47. The fourth-order valence-corrected chi connectivity index (χ4v) is 9.93. The van der Waals surface area contributed by atoms with E-state index in [1.165, 1.54) is 78.5 Å². The van der Waals surface area contributed by atoms with Crippen molar-refractivity contribution in [1.82, 2.24) is 4.48 Å². The molecule has 0 radical (unpaired) electrons. The molecule has 0 aromatic heterocycles. The van der Waals surface area contributed by atoms with E-state index in [2.05, 4.69) is 229 Å². The van der Waals surface area contributed by atoms with E-state index in [9.17, 15) is 0 Å². The van der Waals surface area contributed by atoms with Crippen molar-refractivity contribution < 1.29 is 0 Å². The lowest BCUT2D eigenvalue weighted by Gasteiger charge is -2.34. The van der Waals surface area contributed by atoms with Gasteiger partial charge in [0.2, 0.25) is 0 Å². The highest BCUT2D eigenvalue weighted by atomic mass is 15.3. The zero-order valence-corrected chi connectivity index (χ0v) is 34.4. The minimum absolute atomic E-state index is 0.0235. The van der Waals surface area contributed by atoms with Gasteiger partial charge in [-0.05, 0) is 120 Å². The zero-order chi connectivity index (χ0) is 39.5. The summed E-state index contributed by atoms with van der Waals surface area (Å²) in [5.41, 5.74) is 19.6. The summed E-state index contributed by atoms with van der Waals surface area (Å²) in [4.78, 5) is 2.42. The van der Waals surface area contributed by atoms with Gasteiger partial charge in [0.25, 0.3) is 0 Å². The summed E-state index contributed by atoms with van der Waals surface area (Å²) in [6.07, 6.45) is 10.4. The average Bonchev–Trinajstić information content (AvgIpc) is 3.59. The Morgan fingerprint density at radius 3 is 1.84 bits per heavy atom. The van der Waals surface area contributed by atoms with E-state index in [0.717, 1.165) is 12.1 Å². The van der Waals surface area contributed by atoms with Crippen LogP contribution in [0, 0.1) is 11.3 Å². The fraction of sp³-hybridized carbons (Fsp3) is 0.200. The Balaban J connectivity index is 1.05. The molecule has 6 aromatic carbocycles. The summed E-state index contributed by atoms with van der Waals surface area (Å²) < 4.78 is 0.569. The monoisotopic (exact) mass is 741 g/mol. The molecule has 2 nitrogen and oxygen atoms in total. The van der Waals surface area contributed by atoms with Crippen molar-refractivity contribution in [2.45, 2.75) is 53.4 Å². The van der Waals surface area contributed by atoms with Crippen molar-refractivity contribution in [1.29, 1.82) is 0 Å². The molecule has 282 valence electrons. The van der Waals surface area contributed by atoms with Crippen LogP contribution in [0.2, 0.25) is 0 Å². The third kappa shape index (κ3) is 5.89. The van der Waals surface area contributed by atoms with Crippen LogP contribution in [0.15, 0.2) is 198 Å². The average molecular weight is 742 g/mol. The maximum absolute atomic E-state index is 2.47. The van der Waals surface area contributed by atoms with Gasteiger partial charge in [0.1, 0.15) is 17.1 Å². The second kappa shape index (κ2) is 13.9. The van der Waals surface area contributed by atoms with Crippen molar-refractivity contribution in [3.8, 4) is 22.3 Å². The molecular weight excluding hydrogens is 689 g/mol. The largest absolute Gasteiger partial charge is 0.311 e. The van der Waals surface area contributed by atoms with Gasteiger partial charge in [-0.2, -0.15) is 0 Å². The van der Waals surface area contributed by atoms with E-state index in [4.69, 9.17) is 0 Å². The van der Waals surface area contributed by atoms with Crippen LogP contribution in [0.1, 0.15) is 59.1 Å². The Kier molecular flexibility index (Phi) is 8.94. The molecular formula is C55H53N2+. The van der Waals surface area contributed by atoms with E-state index < -0.39 is 0 Å². The van der Waals surface area contributed by atoms with Gasteiger partial charge in [0.15, 0.2) is 0 Å². The predicted molar refractivity (Wildman–Crippen MR) is 244 cm³/mol. The number of anilines is 2. The highest BCUT2D eigenvalue weighted by molar-refractivity contribution is 5.84. The molecule has 0 spiro atoms. The third-order valence-corrected chi connectivity index (χ3v) is 13.5. The SMILES string of the molecule is CC=CC1=C(C)C(C)(C)C2=CC(N(c3ccccc3)c3ccc(-c4ccc([N+](C)(c5ccccc5)c5ccc6c(c5)C(C)(C)c5ccccc5-6)cc4)cc3)=CCC21.